The minimum atomic E-state index is -0.419. The molecule has 32 heavy (non-hydrogen) atoms. The number of benzene rings is 3. The second kappa shape index (κ2) is 8.51. The summed E-state index contributed by atoms with van der Waals surface area (Å²) in [6.45, 7) is 4.02. The predicted octanol–water partition coefficient (Wildman–Crippen LogP) is 4.96. The van der Waals surface area contributed by atoms with Crippen LogP contribution in [0.5, 0.6) is 0 Å². The highest BCUT2D eigenvalue weighted by molar-refractivity contribution is 8.00. The molecule has 2 N–H and O–H groups in total. The van der Waals surface area contributed by atoms with E-state index in [0.717, 1.165) is 33.8 Å². The molecule has 160 valence electrons. The number of thioether (sulfide) groups is 1. The molecule has 1 aliphatic rings. The average molecular weight is 442 g/mol. The first-order valence-corrected chi connectivity index (χ1v) is 11.4. The van der Waals surface area contributed by atoms with Crippen molar-refractivity contribution in [3.63, 3.8) is 0 Å². The zero-order chi connectivity index (χ0) is 22.1. The summed E-state index contributed by atoms with van der Waals surface area (Å²) in [5, 5.41) is 12.1. The van der Waals surface area contributed by atoms with E-state index in [-0.39, 0.29) is 11.9 Å². The fourth-order valence-electron chi connectivity index (χ4n) is 3.81. The molecule has 5 rings (SSSR count). The van der Waals surface area contributed by atoms with Gasteiger partial charge < -0.3 is 10.7 Å². The number of aromatic nitrogens is 3. The monoisotopic (exact) mass is 441 g/mol. The Morgan fingerprint density at radius 3 is 2.44 bits per heavy atom. The van der Waals surface area contributed by atoms with Gasteiger partial charge >= 0.3 is 0 Å². The van der Waals surface area contributed by atoms with Crippen molar-refractivity contribution in [2.75, 3.05) is 10.7 Å². The van der Waals surface area contributed by atoms with E-state index < -0.39 is 5.25 Å². The first kappa shape index (κ1) is 20.3. The van der Waals surface area contributed by atoms with Gasteiger partial charge in [0.2, 0.25) is 11.1 Å². The topological polar surface area (TPSA) is 71.8 Å². The van der Waals surface area contributed by atoms with E-state index in [9.17, 15) is 4.79 Å². The highest BCUT2D eigenvalue weighted by Crippen LogP contribution is 2.39. The first-order valence-electron chi connectivity index (χ1n) is 10.5. The Bertz CT molecular complexity index is 1260. The van der Waals surface area contributed by atoms with Gasteiger partial charge in [0, 0.05) is 11.3 Å². The van der Waals surface area contributed by atoms with Crippen molar-refractivity contribution < 1.29 is 4.79 Å². The van der Waals surface area contributed by atoms with Crippen LogP contribution < -0.4 is 10.7 Å². The van der Waals surface area contributed by atoms with E-state index in [2.05, 4.69) is 20.9 Å². The number of aryl methyl sites for hydroxylation is 2. The van der Waals surface area contributed by atoms with Crippen LogP contribution in [-0.4, -0.2) is 26.0 Å². The van der Waals surface area contributed by atoms with Gasteiger partial charge in [0.05, 0.1) is 6.04 Å². The lowest BCUT2D eigenvalue weighted by molar-refractivity contribution is -0.116. The molecule has 0 spiro atoms. The van der Waals surface area contributed by atoms with Gasteiger partial charge in [0.25, 0.3) is 0 Å². The second-order valence-corrected chi connectivity index (χ2v) is 8.98. The predicted molar refractivity (Wildman–Crippen MR) is 128 cm³/mol. The lowest BCUT2D eigenvalue weighted by Gasteiger charge is -2.33. The largest absolute Gasteiger partial charge is 0.325 e. The molecule has 0 radical (unpaired) electrons. The maximum Gasteiger partial charge on any atom is 0.240 e. The van der Waals surface area contributed by atoms with Gasteiger partial charge in [-0.25, -0.2) is 4.68 Å². The third-order valence-corrected chi connectivity index (χ3v) is 6.75. The van der Waals surface area contributed by atoms with E-state index in [0.29, 0.717) is 5.16 Å². The van der Waals surface area contributed by atoms with Crippen LogP contribution in [0, 0.1) is 13.8 Å². The summed E-state index contributed by atoms with van der Waals surface area (Å²) in [6.07, 6.45) is 0. The van der Waals surface area contributed by atoms with Crippen molar-refractivity contribution >= 4 is 23.4 Å². The molecule has 7 heteroatoms. The maximum atomic E-state index is 13.5. The Balaban J connectivity index is 1.51. The number of nitrogens with one attached hydrogen (secondary N) is 2. The summed E-state index contributed by atoms with van der Waals surface area (Å²) in [4.78, 5) is 13.5. The molecule has 1 aliphatic heterocycles. The van der Waals surface area contributed by atoms with Crippen LogP contribution in [0.25, 0.3) is 11.4 Å². The van der Waals surface area contributed by atoms with Crippen LogP contribution in [0.3, 0.4) is 0 Å². The van der Waals surface area contributed by atoms with Crippen LogP contribution in [0.15, 0.2) is 84.0 Å². The second-order valence-electron chi connectivity index (χ2n) is 7.87. The Morgan fingerprint density at radius 2 is 1.69 bits per heavy atom. The zero-order valence-corrected chi connectivity index (χ0v) is 18.6. The van der Waals surface area contributed by atoms with Gasteiger partial charge in [-0.3, -0.25) is 4.79 Å². The minimum absolute atomic E-state index is 0.0689. The molecule has 2 atom stereocenters. The zero-order valence-electron chi connectivity index (χ0n) is 17.8. The average Bonchev–Trinajstić information content (AvgIpc) is 3.25. The van der Waals surface area contributed by atoms with Gasteiger partial charge in [0.1, 0.15) is 5.25 Å². The lowest BCUT2D eigenvalue weighted by atomic mass is 10.0. The van der Waals surface area contributed by atoms with Crippen LogP contribution in [0.4, 0.5) is 5.69 Å². The highest BCUT2D eigenvalue weighted by Gasteiger charge is 2.38. The first-order chi connectivity index (χ1) is 15.6. The number of fused-ring (bicyclic) bond motifs is 1. The van der Waals surface area contributed by atoms with E-state index in [4.69, 9.17) is 0 Å². The van der Waals surface area contributed by atoms with E-state index in [1.807, 2.05) is 97.4 Å². The summed E-state index contributed by atoms with van der Waals surface area (Å²) >= 11 is 1.43. The van der Waals surface area contributed by atoms with E-state index >= 15 is 0 Å². The minimum Gasteiger partial charge on any atom is -0.325 e. The number of rotatable bonds is 4. The number of amides is 1. The quantitative estimate of drug-likeness (QED) is 0.468. The molecule has 0 unspecified atom stereocenters. The van der Waals surface area contributed by atoms with Crippen molar-refractivity contribution in [1.29, 1.82) is 0 Å². The molecule has 0 fully saturated rings. The summed E-state index contributed by atoms with van der Waals surface area (Å²) in [5.74, 6) is 0.656. The molecule has 0 aliphatic carbocycles. The van der Waals surface area contributed by atoms with Gasteiger partial charge in [-0.15, -0.1) is 10.2 Å². The summed E-state index contributed by atoms with van der Waals surface area (Å²) in [6, 6.07) is 25.8. The molecule has 4 aromatic rings. The van der Waals surface area contributed by atoms with Gasteiger partial charge in [-0.1, -0.05) is 84.6 Å². The molecule has 2 heterocycles. The smallest absolute Gasteiger partial charge is 0.240 e. The molecular formula is C25H23N5OS. The lowest BCUT2D eigenvalue weighted by Crippen LogP contribution is -2.41. The van der Waals surface area contributed by atoms with E-state index in [1.54, 1.807) is 0 Å². The SMILES string of the molecule is Cc1ccc(C)c(NC(=O)[C@@H]2Sc3nnc(-c4ccccc4)n3N[C@H]2c2ccccc2)c1. The normalized spacial score (nSPS) is 17.3. The van der Waals surface area contributed by atoms with Crippen molar-refractivity contribution in [1.82, 2.24) is 14.9 Å². The summed E-state index contributed by atoms with van der Waals surface area (Å²) < 4.78 is 1.89. The third-order valence-electron chi connectivity index (χ3n) is 5.54. The molecule has 0 saturated heterocycles. The molecule has 6 nitrogen and oxygen atoms in total. The van der Waals surface area contributed by atoms with Gasteiger partial charge in [0.15, 0.2) is 5.82 Å². The Morgan fingerprint density at radius 1 is 0.969 bits per heavy atom. The fraction of sp³-hybridized carbons (Fsp3) is 0.160. The van der Waals surface area contributed by atoms with Gasteiger partial charge in [-0.05, 0) is 36.6 Å². The van der Waals surface area contributed by atoms with Crippen LogP contribution in [0.1, 0.15) is 22.7 Å². The number of nitrogens with zero attached hydrogens (tertiary/aromatic N) is 3. The number of hydrogen-bond acceptors (Lipinski definition) is 5. The molecule has 1 amide bonds. The van der Waals surface area contributed by atoms with Crippen molar-refractivity contribution in [3.8, 4) is 11.4 Å². The number of carbonyl (C=O) groups excluding carboxylic acids is 1. The Labute approximate surface area is 191 Å². The summed E-state index contributed by atoms with van der Waals surface area (Å²) in [7, 11) is 0. The molecule has 0 bridgehead atoms. The van der Waals surface area contributed by atoms with Crippen molar-refractivity contribution in [2.45, 2.75) is 30.3 Å². The molecular weight excluding hydrogens is 418 g/mol. The fourth-order valence-corrected chi connectivity index (χ4v) is 4.89. The Kier molecular flexibility index (Phi) is 5.41. The van der Waals surface area contributed by atoms with Gasteiger partial charge in [-0.2, -0.15) is 0 Å². The van der Waals surface area contributed by atoms with Crippen molar-refractivity contribution in [2.24, 2.45) is 0 Å². The van der Waals surface area contributed by atoms with Crippen LogP contribution >= 0.6 is 11.8 Å². The highest BCUT2D eigenvalue weighted by atomic mass is 32.2. The third kappa shape index (κ3) is 3.87. The molecule has 1 aromatic heterocycles. The number of anilines is 1. The molecule has 0 saturated carbocycles. The van der Waals surface area contributed by atoms with Crippen molar-refractivity contribution in [3.05, 3.63) is 95.6 Å². The molecule has 3 aromatic carbocycles. The summed E-state index contributed by atoms with van der Waals surface area (Å²) in [5.41, 5.74) is 8.47. The van der Waals surface area contributed by atoms with Crippen LogP contribution in [-0.2, 0) is 4.79 Å². The van der Waals surface area contributed by atoms with E-state index in [1.165, 1.54) is 11.8 Å². The number of carbonyl (C=O) groups is 1. The number of hydrogen-bond donors (Lipinski definition) is 2. The maximum absolute atomic E-state index is 13.5. The Hall–Kier alpha value is -3.58. The van der Waals surface area contributed by atoms with Crippen LogP contribution in [0.2, 0.25) is 0 Å². The standard InChI is InChI=1S/C25H23N5OS/c1-16-13-14-17(2)20(15-16)26-24(31)22-21(18-9-5-3-6-10-18)29-30-23(27-28-25(30)32-22)19-11-7-4-8-12-19/h3-15,21-22,29H,1-2H3,(H,26,31)/t21-,22+/m0/s1.